The monoisotopic (exact) mass is 709 g/mol. The van der Waals surface area contributed by atoms with Gasteiger partial charge in [0.05, 0.1) is 12.8 Å². The van der Waals surface area contributed by atoms with Crippen LogP contribution in [0.5, 0.6) is 0 Å². The molecule has 5 aliphatic carbocycles. The van der Waals surface area contributed by atoms with Crippen molar-refractivity contribution in [3.05, 3.63) is 12.2 Å². The van der Waals surface area contributed by atoms with Crippen molar-refractivity contribution in [1.29, 1.82) is 0 Å². The second-order valence-electron chi connectivity index (χ2n) is 20.9. The molecule has 6 aliphatic rings. The van der Waals surface area contributed by atoms with Gasteiger partial charge in [0.1, 0.15) is 6.10 Å². The Morgan fingerprint density at radius 2 is 1.61 bits per heavy atom. The number of amides is 1. The summed E-state index contributed by atoms with van der Waals surface area (Å²) < 4.78 is 6.29. The number of aliphatic carboxylic acids is 1. The van der Waals surface area contributed by atoms with Gasteiger partial charge in [-0.3, -0.25) is 14.4 Å². The minimum Gasteiger partial charge on any atom is -0.481 e. The number of allylic oxidation sites excluding steroid dienone is 1. The first-order valence-corrected chi connectivity index (χ1v) is 20.8. The molecule has 0 bridgehead atoms. The average molecular weight is 709 g/mol. The van der Waals surface area contributed by atoms with Crippen molar-refractivity contribution < 1.29 is 24.2 Å². The molecule has 288 valence electrons. The van der Waals surface area contributed by atoms with Gasteiger partial charge in [0.25, 0.3) is 0 Å². The molecular formula is C44H72N2O5. The number of carboxylic acid groups (broad SMARTS) is 1. The maximum atomic E-state index is 14.1. The van der Waals surface area contributed by atoms with Gasteiger partial charge in [-0.15, -0.1) is 0 Å². The number of hydrogen-bond donors (Lipinski definition) is 2. The van der Waals surface area contributed by atoms with Crippen LogP contribution in [0.1, 0.15) is 152 Å². The molecule has 6 fully saturated rings. The fourth-order valence-electron chi connectivity index (χ4n) is 14.7. The van der Waals surface area contributed by atoms with E-state index in [9.17, 15) is 19.5 Å². The Hall–Kier alpha value is -1.89. The Labute approximate surface area is 309 Å². The minimum atomic E-state index is -0.879. The first-order chi connectivity index (χ1) is 23.7. The van der Waals surface area contributed by atoms with E-state index in [-0.39, 0.29) is 52.0 Å². The van der Waals surface area contributed by atoms with Gasteiger partial charge in [-0.2, -0.15) is 0 Å². The second kappa shape index (κ2) is 13.4. The van der Waals surface area contributed by atoms with E-state index in [0.717, 1.165) is 51.7 Å². The summed E-state index contributed by atoms with van der Waals surface area (Å²) in [4.78, 5) is 40.9. The normalized spacial score (nSPS) is 43.0. The molecular weight excluding hydrogens is 636 g/mol. The van der Waals surface area contributed by atoms with E-state index in [2.05, 4.69) is 65.3 Å². The molecule has 0 aromatic rings. The van der Waals surface area contributed by atoms with Crippen LogP contribution >= 0.6 is 0 Å². The van der Waals surface area contributed by atoms with E-state index >= 15 is 0 Å². The summed E-state index contributed by atoms with van der Waals surface area (Å²) in [7, 11) is 0. The SMILES string of the molecule is C=C(C)[C@@H]1CC[C@]2(CC(=O)N3CC[C@@H](NCC)C3)CC[C@]3(C)[C@H](CC[C@@H]4[C@@]5(C)CC[C@H](OC(=O)CC(C)(C)CC(=O)O)C(C)(C)[C@@H]5CC[C@]43C)[C@@H]12. The van der Waals surface area contributed by atoms with Crippen LogP contribution in [0.3, 0.4) is 0 Å². The van der Waals surface area contributed by atoms with Gasteiger partial charge in [-0.25, -0.2) is 0 Å². The van der Waals surface area contributed by atoms with Crippen molar-refractivity contribution in [3.63, 3.8) is 0 Å². The van der Waals surface area contributed by atoms with E-state index in [0.29, 0.717) is 48.0 Å². The zero-order valence-corrected chi connectivity index (χ0v) is 33.8. The zero-order valence-electron chi connectivity index (χ0n) is 33.8. The van der Waals surface area contributed by atoms with E-state index < -0.39 is 11.4 Å². The second-order valence-corrected chi connectivity index (χ2v) is 20.9. The summed E-state index contributed by atoms with van der Waals surface area (Å²) in [5.41, 5.74) is 1.24. The van der Waals surface area contributed by atoms with Crippen molar-refractivity contribution in [2.24, 2.45) is 62.1 Å². The van der Waals surface area contributed by atoms with Crippen molar-refractivity contribution in [3.8, 4) is 0 Å². The molecule has 7 heteroatoms. The predicted molar refractivity (Wildman–Crippen MR) is 203 cm³/mol. The fourth-order valence-corrected chi connectivity index (χ4v) is 14.7. The fraction of sp³-hybridized carbons (Fsp3) is 0.886. The van der Waals surface area contributed by atoms with Crippen LogP contribution < -0.4 is 5.32 Å². The molecule has 6 rings (SSSR count). The number of rotatable bonds is 10. The average Bonchev–Trinajstić information content (AvgIpc) is 3.64. The van der Waals surface area contributed by atoms with Crippen molar-refractivity contribution in [2.75, 3.05) is 19.6 Å². The summed E-state index contributed by atoms with van der Waals surface area (Å²) in [5, 5.41) is 12.9. The van der Waals surface area contributed by atoms with Gasteiger partial charge in [-0.1, -0.05) is 67.5 Å². The molecule has 2 N–H and O–H groups in total. The lowest BCUT2D eigenvalue weighted by molar-refractivity contribution is -0.250. The number of carboxylic acids is 1. The summed E-state index contributed by atoms with van der Waals surface area (Å²) in [6.45, 7) is 28.0. The van der Waals surface area contributed by atoms with Crippen LogP contribution in [0.4, 0.5) is 0 Å². The van der Waals surface area contributed by atoms with Gasteiger partial charge >= 0.3 is 11.9 Å². The maximum absolute atomic E-state index is 14.1. The Kier molecular flexibility index (Phi) is 10.2. The molecule has 0 radical (unpaired) electrons. The van der Waals surface area contributed by atoms with Crippen LogP contribution in [0.2, 0.25) is 0 Å². The number of fused-ring (bicyclic) bond motifs is 7. The van der Waals surface area contributed by atoms with Crippen molar-refractivity contribution in [1.82, 2.24) is 10.2 Å². The molecule has 1 aliphatic heterocycles. The number of likely N-dealkylation sites (N-methyl/N-ethyl adjacent to an activating group) is 1. The molecule has 5 saturated carbocycles. The van der Waals surface area contributed by atoms with Crippen LogP contribution in [-0.2, 0) is 19.1 Å². The molecule has 1 heterocycles. The lowest BCUT2D eigenvalue weighted by atomic mass is 9.32. The highest BCUT2D eigenvalue weighted by Crippen LogP contribution is 2.78. The van der Waals surface area contributed by atoms with Gasteiger partial charge in [0.2, 0.25) is 5.91 Å². The van der Waals surface area contributed by atoms with Gasteiger partial charge in [0.15, 0.2) is 0 Å². The van der Waals surface area contributed by atoms with Crippen LogP contribution in [-0.4, -0.2) is 59.6 Å². The molecule has 0 spiro atoms. The van der Waals surface area contributed by atoms with E-state index in [1.807, 2.05) is 13.8 Å². The summed E-state index contributed by atoms with van der Waals surface area (Å²) >= 11 is 0. The highest BCUT2D eigenvalue weighted by atomic mass is 16.5. The molecule has 0 aromatic carbocycles. The zero-order chi connectivity index (χ0) is 37.4. The van der Waals surface area contributed by atoms with Gasteiger partial charge in [0, 0.05) is 31.0 Å². The standard InChI is InChI=1S/C44H72N2O5/c1-11-45-29-17-23-46(27-29)35(47)24-44-20-14-30(28(2)3)38(44)31-12-13-33-41(8)18-16-34(51-37(50)26-39(4,5)25-36(48)49)40(6,7)32(41)15-19-43(33,10)42(31,9)21-22-44/h29-34,38,45H,2,11-27H2,1,3-10H3,(H,48,49)/t29-,30+,31-,32+,33-,34+,38-,41+,42-,43-,44-/m1/s1. The Morgan fingerprint density at radius 1 is 0.882 bits per heavy atom. The lowest BCUT2D eigenvalue weighted by Crippen LogP contribution is -2.67. The third-order valence-corrected chi connectivity index (χ3v) is 17.2. The maximum Gasteiger partial charge on any atom is 0.306 e. The van der Waals surface area contributed by atoms with Gasteiger partial charge < -0.3 is 20.1 Å². The number of carbonyl (C=O) groups is 3. The minimum absolute atomic E-state index is 0.0437. The Balaban J connectivity index is 1.22. The topological polar surface area (TPSA) is 95.9 Å². The molecule has 7 nitrogen and oxygen atoms in total. The third kappa shape index (κ3) is 6.43. The van der Waals surface area contributed by atoms with E-state index in [1.54, 1.807) is 0 Å². The molecule has 1 saturated heterocycles. The summed E-state index contributed by atoms with van der Waals surface area (Å²) in [6.07, 6.45) is 13.2. The number of carbonyl (C=O) groups excluding carboxylic acids is 2. The Morgan fingerprint density at radius 3 is 2.27 bits per heavy atom. The van der Waals surface area contributed by atoms with Crippen molar-refractivity contribution >= 4 is 17.8 Å². The predicted octanol–water partition coefficient (Wildman–Crippen LogP) is 9.05. The number of nitrogens with one attached hydrogen (secondary N) is 1. The number of esters is 1. The molecule has 1 amide bonds. The highest BCUT2D eigenvalue weighted by molar-refractivity contribution is 5.77. The van der Waals surface area contributed by atoms with Crippen LogP contribution in [0, 0.1) is 62.1 Å². The van der Waals surface area contributed by atoms with Gasteiger partial charge in [-0.05, 0) is 141 Å². The molecule has 51 heavy (non-hydrogen) atoms. The molecule has 0 unspecified atom stereocenters. The summed E-state index contributed by atoms with van der Waals surface area (Å²) in [6, 6.07) is 0.434. The van der Waals surface area contributed by atoms with E-state index in [1.165, 1.54) is 44.1 Å². The van der Waals surface area contributed by atoms with Crippen molar-refractivity contribution in [2.45, 2.75) is 164 Å². The van der Waals surface area contributed by atoms with E-state index in [4.69, 9.17) is 4.74 Å². The third-order valence-electron chi connectivity index (χ3n) is 17.2. The number of likely N-dealkylation sites (tertiary alicyclic amines) is 1. The summed E-state index contributed by atoms with van der Waals surface area (Å²) in [5.74, 6) is 1.98. The number of hydrogen-bond acceptors (Lipinski definition) is 5. The Bertz CT molecular complexity index is 1390. The largest absolute Gasteiger partial charge is 0.481 e. The smallest absolute Gasteiger partial charge is 0.306 e. The lowest BCUT2D eigenvalue weighted by Gasteiger charge is -2.73. The number of ether oxygens (including phenoxy) is 1. The highest BCUT2D eigenvalue weighted by Gasteiger charge is 2.71. The van der Waals surface area contributed by atoms with Crippen LogP contribution in [0.15, 0.2) is 12.2 Å². The van der Waals surface area contributed by atoms with Crippen LogP contribution in [0.25, 0.3) is 0 Å². The first kappa shape index (κ1) is 38.8. The number of nitrogens with zero attached hydrogens (tertiary/aromatic N) is 1. The molecule has 11 atom stereocenters. The molecule has 0 aromatic heterocycles. The first-order valence-electron chi connectivity index (χ1n) is 20.8. The quantitative estimate of drug-likeness (QED) is 0.174.